The zero-order chi connectivity index (χ0) is 41.9. The molecule has 57 heavy (non-hydrogen) atoms. The van der Waals surface area contributed by atoms with Crippen LogP contribution in [0.15, 0.2) is 66.7 Å². The van der Waals surface area contributed by atoms with Crippen LogP contribution in [-0.2, 0) is 29.1 Å². The molecule has 1 aliphatic rings. The maximum absolute atomic E-state index is 14.5. The highest BCUT2D eigenvalue weighted by Crippen LogP contribution is 2.28. The number of aromatic nitrogens is 1. The number of amides is 5. The summed E-state index contributed by atoms with van der Waals surface area (Å²) < 4.78 is 10.9. The fourth-order valence-electron chi connectivity index (χ4n) is 6.96. The van der Waals surface area contributed by atoms with E-state index in [0.717, 1.165) is 17.0 Å². The number of hydrogen-bond donors (Lipinski definition) is 5. The number of aliphatic hydroxyl groups excluding tert-OH is 1. The van der Waals surface area contributed by atoms with E-state index in [9.17, 15) is 29.4 Å². The first-order valence-electron chi connectivity index (χ1n) is 19.3. The van der Waals surface area contributed by atoms with E-state index in [-0.39, 0.29) is 31.5 Å². The number of pyridine rings is 1. The largest absolute Gasteiger partial charge is 0.493 e. The summed E-state index contributed by atoms with van der Waals surface area (Å²) in [6, 6.07) is 17.3. The second-order valence-electron chi connectivity index (χ2n) is 15.7. The van der Waals surface area contributed by atoms with Crippen molar-refractivity contribution >= 4 is 23.9 Å². The molecule has 4 rings (SSSR count). The Labute approximate surface area is 335 Å². The van der Waals surface area contributed by atoms with E-state index in [1.165, 1.54) is 19.2 Å². The molecule has 3 aromatic rings. The molecule has 0 unspecified atom stereocenters. The van der Waals surface area contributed by atoms with Crippen LogP contribution in [-0.4, -0.2) is 112 Å². The van der Waals surface area contributed by atoms with Crippen molar-refractivity contribution in [3.8, 4) is 11.5 Å². The van der Waals surface area contributed by atoms with Gasteiger partial charge in [-0.25, -0.2) is 14.6 Å². The topological polar surface area (TPSA) is 186 Å². The van der Waals surface area contributed by atoms with E-state index in [1.54, 1.807) is 48.8 Å². The molecule has 1 saturated heterocycles. The monoisotopic (exact) mass is 789 g/mol. The summed E-state index contributed by atoms with van der Waals surface area (Å²) in [5.41, 5.74) is 5.19. The van der Waals surface area contributed by atoms with Gasteiger partial charge in [0, 0.05) is 31.9 Å². The second-order valence-corrected chi connectivity index (χ2v) is 15.7. The maximum atomic E-state index is 14.5. The molecule has 2 aromatic carbocycles. The quantitative estimate of drug-likeness (QED) is 0.109. The molecule has 5 amide bonds. The van der Waals surface area contributed by atoms with Gasteiger partial charge in [0.25, 0.3) is 5.91 Å². The highest BCUT2D eigenvalue weighted by atomic mass is 16.5. The summed E-state index contributed by atoms with van der Waals surface area (Å²) in [4.78, 5) is 61.7. The van der Waals surface area contributed by atoms with Crippen LogP contribution in [0, 0.1) is 18.3 Å². The molecule has 5 N–H and O–H groups in total. The molecule has 1 aromatic heterocycles. The van der Waals surface area contributed by atoms with Gasteiger partial charge in [0.2, 0.25) is 5.91 Å². The number of hydrogen-bond acceptors (Lipinski definition) is 9. The minimum Gasteiger partial charge on any atom is -0.493 e. The summed E-state index contributed by atoms with van der Waals surface area (Å²) in [5, 5.41) is 28.5. The van der Waals surface area contributed by atoms with Crippen LogP contribution in [0.3, 0.4) is 0 Å². The van der Waals surface area contributed by atoms with Gasteiger partial charge in [0.1, 0.15) is 12.1 Å². The minimum absolute atomic E-state index is 0.0719. The van der Waals surface area contributed by atoms with E-state index in [1.807, 2.05) is 69.3 Å². The van der Waals surface area contributed by atoms with Crippen LogP contribution in [0.1, 0.15) is 63.6 Å². The molecule has 15 nitrogen and oxygen atoms in total. The highest BCUT2D eigenvalue weighted by Gasteiger charge is 2.41. The molecular weight excluding hydrogens is 731 g/mol. The number of nitrogens with one attached hydrogen (secondary N) is 3. The number of benzene rings is 2. The molecule has 15 heteroatoms. The Kier molecular flexibility index (Phi) is 15.7. The van der Waals surface area contributed by atoms with Crippen molar-refractivity contribution in [3.05, 3.63) is 89.2 Å². The van der Waals surface area contributed by atoms with Crippen molar-refractivity contribution < 1.29 is 38.9 Å². The van der Waals surface area contributed by atoms with E-state index in [2.05, 4.69) is 21.0 Å². The summed E-state index contributed by atoms with van der Waals surface area (Å²) in [6.07, 6.45) is -1.75. The number of ether oxygens (including phenoxy) is 2. The van der Waals surface area contributed by atoms with Gasteiger partial charge in [0.15, 0.2) is 11.5 Å². The number of carbonyl (C=O) groups is 4. The Morgan fingerprint density at radius 1 is 0.930 bits per heavy atom. The molecule has 1 aliphatic heterocycles. The Bertz CT molecular complexity index is 1820. The Hall–Kier alpha value is -5.41. The van der Waals surface area contributed by atoms with Crippen molar-refractivity contribution in [1.82, 2.24) is 35.9 Å². The normalized spacial score (nSPS) is 15.7. The lowest BCUT2D eigenvalue weighted by Crippen LogP contribution is -2.60. The van der Waals surface area contributed by atoms with Crippen molar-refractivity contribution in [1.29, 1.82) is 0 Å². The lowest BCUT2D eigenvalue weighted by atomic mass is 9.86. The van der Waals surface area contributed by atoms with E-state index >= 15 is 0 Å². The molecule has 0 saturated carbocycles. The lowest BCUT2D eigenvalue weighted by molar-refractivity contribution is -0.132. The van der Waals surface area contributed by atoms with E-state index < -0.39 is 47.6 Å². The van der Waals surface area contributed by atoms with Gasteiger partial charge >= 0.3 is 12.1 Å². The summed E-state index contributed by atoms with van der Waals surface area (Å²) >= 11 is 0. The molecule has 310 valence electrons. The van der Waals surface area contributed by atoms with Gasteiger partial charge in [-0.3, -0.25) is 20.0 Å². The SMILES string of the molecule is CC[C@H](C)[C@@H](C(=O)N[C@@H](Cc1ccccc1)[C@@H](O)CN(Cc1ccc(OC)c(OC)c1)NC(=O)[C@@H](NC(=O)O)C(C)(C)C)N1CCN(Cc2cccc(C)n2)C1=O. The highest BCUT2D eigenvalue weighted by molar-refractivity contribution is 5.88. The third kappa shape index (κ3) is 12.3. The summed E-state index contributed by atoms with van der Waals surface area (Å²) in [6.45, 7) is 12.0. The van der Waals surface area contributed by atoms with Crippen LogP contribution < -0.4 is 25.5 Å². The van der Waals surface area contributed by atoms with E-state index in [4.69, 9.17) is 9.47 Å². The van der Waals surface area contributed by atoms with Crippen LogP contribution in [0.5, 0.6) is 11.5 Å². The third-order valence-corrected chi connectivity index (χ3v) is 10.2. The Balaban J connectivity index is 1.64. The second kappa shape index (κ2) is 20.1. The zero-order valence-electron chi connectivity index (χ0n) is 34.3. The molecule has 0 radical (unpaired) electrons. The predicted molar refractivity (Wildman–Crippen MR) is 215 cm³/mol. The van der Waals surface area contributed by atoms with Gasteiger partial charge in [0.05, 0.1) is 38.6 Å². The number of rotatable bonds is 19. The van der Waals surface area contributed by atoms with Gasteiger partial charge in [-0.2, -0.15) is 0 Å². The molecule has 0 bridgehead atoms. The minimum atomic E-state index is -1.36. The zero-order valence-corrected chi connectivity index (χ0v) is 34.3. The van der Waals surface area contributed by atoms with E-state index in [0.29, 0.717) is 43.1 Å². The van der Waals surface area contributed by atoms with Gasteiger partial charge in [-0.05, 0) is 60.1 Å². The summed E-state index contributed by atoms with van der Waals surface area (Å²) in [7, 11) is 3.03. The third-order valence-electron chi connectivity index (χ3n) is 10.2. The maximum Gasteiger partial charge on any atom is 0.405 e. The number of nitrogens with zero attached hydrogens (tertiary/aromatic N) is 4. The van der Waals surface area contributed by atoms with Gasteiger partial charge in [-0.15, -0.1) is 0 Å². The average molecular weight is 790 g/mol. The predicted octanol–water partition coefficient (Wildman–Crippen LogP) is 4.36. The van der Waals surface area contributed by atoms with Crippen molar-refractivity contribution in [2.24, 2.45) is 11.3 Å². The Morgan fingerprint density at radius 2 is 1.63 bits per heavy atom. The van der Waals surface area contributed by atoms with Crippen LogP contribution in [0.2, 0.25) is 0 Å². The first-order valence-corrected chi connectivity index (χ1v) is 19.3. The van der Waals surface area contributed by atoms with Crippen LogP contribution in [0.4, 0.5) is 9.59 Å². The number of urea groups is 1. The summed E-state index contributed by atoms with van der Waals surface area (Å²) in [5.74, 6) is -0.281. The van der Waals surface area contributed by atoms with Crippen molar-refractivity contribution in [2.75, 3.05) is 33.9 Å². The first kappa shape index (κ1) is 44.3. The van der Waals surface area contributed by atoms with Crippen LogP contribution in [0.25, 0.3) is 0 Å². The molecule has 0 spiro atoms. The fourth-order valence-corrected chi connectivity index (χ4v) is 6.96. The standard InChI is InChI=1S/C42H59N7O8/c1-9-27(2)36(49-21-20-47(41(49)55)25-31-17-13-14-28(3)43-31)38(51)44-32(22-29-15-11-10-12-16-29)33(50)26-48(24-30-18-19-34(56-7)35(23-30)57-8)46-39(52)37(42(4,5)6)45-40(53)54/h10-19,23,27,32-33,36-37,45,50H,9,20-22,24-26H2,1-8H3,(H,44,51)(H,46,52)(H,53,54)/t27-,32-,33-,36-,37+/m0/s1. The van der Waals surface area contributed by atoms with Crippen LogP contribution >= 0.6 is 0 Å². The average Bonchev–Trinajstić information content (AvgIpc) is 3.51. The van der Waals surface area contributed by atoms with Crippen molar-refractivity contribution in [2.45, 2.75) is 91.7 Å². The van der Waals surface area contributed by atoms with Gasteiger partial charge < -0.3 is 40.1 Å². The first-order chi connectivity index (χ1) is 27.0. The number of carboxylic acid groups (broad SMARTS) is 1. The fraction of sp³-hybridized carbons (Fsp3) is 0.500. The number of carbonyl (C=O) groups excluding carboxylic acids is 3. The lowest BCUT2D eigenvalue weighted by Gasteiger charge is -2.36. The number of methoxy groups -OCH3 is 2. The number of aliphatic hydroxyl groups is 1. The smallest absolute Gasteiger partial charge is 0.405 e. The molecule has 1 fully saturated rings. The van der Waals surface area contributed by atoms with Gasteiger partial charge in [-0.1, -0.05) is 83.5 Å². The molecule has 5 atom stereocenters. The Morgan fingerprint density at radius 3 is 2.25 bits per heavy atom. The molecular formula is C42H59N7O8. The molecule has 0 aliphatic carbocycles. The number of aryl methyl sites for hydroxylation is 1. The van der Waals surface area contributed by atoms with Crippen molar-refractivity contribution in [3.63, 3.8) is 0 Å². The number of hydrazine groups is 1. The molecule has 2 heterocycles.